The minimum atomic E-state index is -0.416. The monoisotopic (exact) mass is 442 g/mol. The van der Waals surface area contributed by atoms with Crippen molar-refractivity contribution in [2.24, 2.45) is 0 Å². The normalized spacial score (nSPS) is 16.4. The van der Waals surface area contributed by atoms with Gasteiger partial charge in [0, 0.05) is 23.6 Å². The summed E-state index contributed by atoms with van der Waals surface area (Å²) in [7, 11) is 0. The lowest BCUT2D eigenvalue weighted by atomic mass is 10.1. The summed E-state index contributed by atoms with van der Waals surface area (Å²) < 4.78 is 6.34. The zero-order valence-electron chi connectivity index (χ0n) is 14.0. The Kier molecular flexibility index (Phi) is 5.17. The predicted molar refractivity (Wildman–Crippen MR) is 104 cm³/mol. The van der Waals surface area contributed by atoms with Gasteiger partial charge in [-0.3, -0.25) is 0 Å². The fourth-order valence-corrected chi connectivity index (χ4v) is 2.90. The van der Waals surface area contributed by atoms with E-state index in [2.05, 4.69) is 37.9 Å². The van der Waals surface area contributed by atoms with Gasteiger partial charge < -0.3 is 19.9 Å². The number of nitrogens with zero attached hydrogens (tertiary/aromatic N) is 2. The number of H-pyrrole nitrogens is 1. The van der Waals surface area contributed by atoms with Crippen LogP contribution in [0.2, 0.25) is 0 Å². The first-order valence-corrected chi connectivity index (χ1v) is 9.74. The highest BCUT2D eigenvalue weighted by molar-refractivity contribution is 14.1. The highest BCUT2D eigenvalue weighted by Crippen LogP contribution is 2.20. The summed E-state index contributed by atoms with van der Waals surface area (Å²) in [6, 6.07) is 8.29. The maximum absolute atomic E-state index is 12.2. The van der Waals surface area contributed by atoms with E-state index in [1.165, 1.54) is 0 Å². The number of para-hydroxylation sites is 2. The Bertz CT molecular complexity index is 674. The Hall–Kier alpha value is -1.51. The molecule has 1 amide bonds. The number of carbonyl (C=O) groups excluding carboxylic acids is 1. The van der Waals surface area contributed by atoms with E-state index in [0.717, 1.165) is 34.3 Å². The predicted octanol–water partition coefficient (Wildman–Crippen LogP) is 3.79. The molecule has 24 heavy (non-hydrogen) atoms. The summed E-state index contributed by atoms with van der Waals surface area (Å²) in [5, 5.41) is 3.44. The molecule has 1 aromatic heterocycles. The third-order valence-corrected chi connectivity index (χ3v) is 6.01. The van der Waals surface area contributed by atoms with Crippen molar-refractivity contribution in [1.29, 1.82) is 0 Å². The Morgan fingerprint density at radius 1 is 1.42 bits per heavy atom. The zero-order valence-corrected chi connectivity index (χ0v) is 16.2. The second-order valence-electron chi connectivity index (χ2n) is 6.77. The number of likely N-dealkylation sites (tertiary alicyclic amines) is 1. The summed E-state index contributed by atoms with van der Waals surface area (Å²) >= 11 is 2.24. The molecular formula is C17H23IN4O2. The van der Waals surface area contributed by atoms with E-state index in [1.807, 2.05) is 38.1 Å². The smallest absolute Gasteiger partial charge is 0.410 e. The maximum Gasteiger partial charge on any atom is 0.410 e. The van der Waals surface area contributed by atoms with Gasteiger partial charge in [0.05, 0.1) is 11.0 Å². The molecule has 1 aromatic carbocycles. The average molecular weight is 442 g/mol. The molecule has 0 saturated carbocycles. The van der Waals surface area contributed by atoms with Crippen LogP contribution >= 0.6 is 22.6 Å². The molecule has 0 unspecified atom stereocenters. The Labute approximate surface area is 155 Å². The number of hydrogen-bond acceptors (Lipinski definition) is 4. The molecular weight excluding hydrogens is 419 g/mol. The van der Waals surface area contributed by atoms with Gasteiger partial charge in [-0.2, -0.15) is 0 Å². The van der Waals surface area contributed by atoms with Crippen LogP contribution in [-0.2, 0) is 4.74 Å². The summed E-state index contributed by atoms with van der Waals surface area (Å²) in [5.41, 5.74) is 1.57. The molecule has 1 fully saturated rings. The first-order valence-electron chi connectivity index (χ1n) is 8.22. The number of imidazole rings is 1. The van der Waals surface area contributed by atoms with Crippen molar-refractivity contribution in [2.75, 3.05) is 22.8 Å². The minimum absolute atomic E-state index is 0.209. The number of carbonyl (C=O) groups is 1. The van der Waals surface area contributed by atoms with E-state index in [0.29, 0.717) is 19.1 Å². The van der Waals surface area contributed by atoms with Gasteiger partial charge in [-0.15, -0.1) is 0 Å². The van der Waals surface area contributed by atoms with Crippen molar-refractivity contribution in [2.45, 2.75) is 38.3 Å². The molecule has 0 aliphatic carbocycles. The van der Waals surface area contributed by atoms with Crippen molar-refractivity contribution in [3.8, 4) is 0 Å². The van der Waals surface area contributed by atoms with Gasteiger partial charge in [-0.05, 0) is 38.8 Å². The average Bonchev–Trinajstić information content (AvgIpc) is 2.97. The van der Waals surface area contributed by atoms with Gasteiger partial charge in [0.25, 0.3) is 0 Å². The van der Waals surface area contributed by atoms with Crippen LogP contribution in [0.3, 0.4) is 0 Å². The number of rotatable bonds is 4. The van der Waals surface area contributed by atoms with Crippen molar-refractivity contribution < 1.29 is 9.53 Å². The van der Waals surface area contributed by atoms with Gasteiger partial charge in [0.1, 0.15) is 5.60 Å². The fraction of sp³-hybridized carbons (Fsp3) is 0.529. The number of hydrogen-bond donors (Lipinski definition) is 2. The molecule has 0 atom stereocenters. The first-order chi connectivity index (χ1) is 11.5. The molecule has 3 rings (SSSR count). The summed E-state index contributed by atoms with van der Waals surface area (Å²) in [4.78, 5) is 21.8. The number of alkyl halides is 1. The standard InChI is InChI=1S/C17H23IN4O2/c1-17(2,11-18)24-16(23)22-9-7-12(8-10-22)19-15-20-13-5-3-4-6-14(13)21-15/h3-6,12H,7-11H2,1-2H3,(H2,19,20,21). The van der Waals surface area contributed by atoms with E-state index in [4.69, 9.17) is 4.74 Å². The van der Waals surface area contributed by atoms with Crippen LogP contribution in [0.1, 0.15) is 26.7 Å². The summed E-state index contributed by atoms with van der Waals surface area (Å²) in [6.45, 7) is 5.28. The zero-order chi connectivity index (χ0) is 17.2. The van der Waals surface area contributed by atoms with Crippen molar-refractivity contribution >= 4 is 45.7 Å². The highest BCUT2D eigenvalue weighted by atomic mass is 127. The van der Waals surface area contributed by atoms with Gasteiger partial charge in [0.2, 0.25) is 5.95 Å². The van der Waals surface area contributed by atoms with E-state index in [9.17, 15) is 4.79 Å². The molecule has 0 spiro atoms. The summed E-state index contributed by atoms with van der Waals surface area (Å²) in [6.07, 6.45) is 1.56. The molecule has 0 bridgehead atoms. The second kappa shape index (κ2) is 7.16. The lowest BCUT2D eigenvalue weighted by Gasteiger charge is -2.34. The summed E-state index contributed by atoms with van der Waals surface area (Å²) in [5.74, 6) is 0.795. The third-order valence-electron chi connectivity index (χ3n) is 4.17. The number of amides is 1. The molecule has 0 radical (unpaired) electrons. The number of ether oxygens (including phenoxy) is 1. The molecule has 2 heterocycles. The van der Waals surface area contributed by atoms with E-state index in [1.54, 1.807) is 4.90 Å². The number of nitrogens with one attached hydrogen (secondary N) is 2. The number of halogens is 1. The quantitative estimate of drug-likeness (QED) is 0.559. The third kappa shape index (κ3) is 4.12. The molecule has 1 aliphatic rings. The molecule has 130 valence electrons. The van der Waals surface area contributed by atoms with Crippen LogP contribution in [0.15, 0.2) is 24.3 Å². The van der Waals surface area contributed by atoms with Gasteiger partial charge in [-0.1, -0.05) is 34.7 Å². The lowest BCUT2D eigenvalue weighted by Crippen LogP contribution is -2.45. The van der Waals surface area contributed by atoms with Crippen molar-refractivity contribution in [1.82, 2.24) is 14.9 Å². The van der Waals surface area contributed by atoms with Crippen LogP contribution in [0.4, 0.5) is 10.7 Å². The fourth-order valence-electron chi connectivity index (χ4n) is 2.75. The Morgan fingerprint density at radius 2 is 2.12 bits per heavy atom. The SMILES string of the molecule is CC(C)(CI)OC(=O)N1CCC(Nc2nc3ccccc3[nH]2)CC1. The molecule has 2 N–H and O–H groups in total. The number of benzene rings is 1. The van der Waals surface area contributed by atoms with Crippen LogP contribution in [-0.4, -0.2) is 50.1 Å². The number of piperidine rings is 1. The topological polar surface area (TPSA) is 70.2 Å². The Balaban J connectivity index is 1.52. The van der Waals surface area contributed by atoms with Gasteiger partial charge >= 0.3 is 6.09 Å². The number of fused-ring (bicyclic) bond motifs is 1. The molecule has 1 aliphatic heterocycles. The number of aromatic amines is 1. The lowest BCUT2D eigenvalue weighted by molar-refractivity contribution is 0.0252. The van der Waals surface area contributed by atoms with Gasteiger partial charge in [-0.25, -0.2) is 9.78 Å². The largest absolute Gasteiger partial charge is 0.443 e. The molecule has 1 saturated heterocycles. The molecule has 2 aromatic rings. The van der Waals surface area contributed by atoms with Gasteiger partial charge in [0.15, 0.2) is 0 Å². The second-order valence-corrected chi connectivity index (χ2v) is 7.53. The highest BCUT2D eigenvalue weighted by Gasteiger charge is 2.28. The van der Waals surface area contributed by atoms with Crippen molar-refractivity contribution in [3.05, 3.63) is 24.3 Å². The van der Waals surface area contributed by atoms with Crippen LogP contribution < -0.4 is 5.32 Å². The Morgan fingerprint density at radius 3 is 2.79 bits per heavy atom. The van der Waals surface area contributed by atoms with Crippen LogP contribution in [0.25, 0.3) is 11.0 Å². The number of aromatic nitrogens is 2. The molecule has 7 heteroatoms. The van der Waals surface area contributed by atoms with E-state index in [-0.39, 0.29) is 6.09 Å². The molecule has 6 nitrogen and oxygen atoms in total. The minimum Gasteiger partial charge on any atom is -0.443 e. The van der Waals surface area contributed by atoms with Crippen LogP contribution in [0, 0.1) is 0 Å². The maximum atomic E-state index is 12.2. The van der Waals surface area contributed by atoms with E-state index < -0.39 is 5.60 Å². The van der Waals surface area contributed by atoms with Crippen molar-refractivity contribution in [3.63, 3.8) is 0 Å². The number of anilines is 1. The van der Waals surface area contributed by atoms with Crippen LogP contribution in [0.5, 0.6) is 0 Å². The van der Waals surface area contributed by atoms with E-state index >= 15 is 0 Å². The first kappa shape index (κ1) is 17.3.